The Hall–Kier alpha value is -2.33. The Bertz CT molecular complexity index is 624. The summed E-state index contributed by atoms with van der Waals surface area (Å²) >= 11 is 0. The zero-order valence-electron chi connectivity index (χ0n) is 13.7. The summed E-state index contributed by atoms with van der Waals surface area (Å²) < 4.78 is 0. The monoisotopic (exact) mass is 308 g/mol. The number of hydrazone groups is 1. The lowest BCUT2D eigenvalue weighted by Crippen LogP contribution is -2.43. The summed E-state index contributed by atoms with van der Waals surface area (Å²) in [6.07, 6.45) is 5.94. The average Bonchev–Trinajstić information content (AvgIpc) is 3.04. The van der Waals surface area contributed by atoms with Crippen LogP contribution in [0.3, 0.4) is 0 Å². The van der Waals surface area contributed by atoms with Gasteiger partial charge in [-0.3, -0.25) is 0 Å². The molecule has 0 radical (unpaired) electrons. The molecule has 120 valence electrons. The minimum atomic E-state index is 0.977. The number of hydrogen-bond donors (Lipinski definition) is 1. The summed E-state index contributed by atoms with van der Waals surface area (Å²) in [6, 6.07) is 20.5. The van der Waals surface area contributed by atoms with Gasteiger partial charge in [-0.1, -0.05) is 62.6 Å². The third-order valence-corrected chi connectivity index (χ3v) is 3.94. The molecule has 4 heteroatoms. The number of benzene rings is 2. The highest BCUT2D eigenvalue weighted by Crippen LogP contribution is 2.22. The minimum Gasteiger partial charge on any atom is -0.242 e. The van der Waals surface area contributed by atoms with Gasteiger partial charge in [-0.2, -0.15) is 5.12 Å². The molecule has 0 bridgehead atoms. The second-order valence-corrected chi connectivity index (χ2v) is 5.75. The number of hydrazine groups is 2. The average molecular weight is 308 g/mol. The molecule has 23 heavy (non-hydrogen) atoms. The van der Waals surface area contributed by atoms with Crippen molar-refractivity contribution in [3.8, 4) is 0 Å². The molecule has 0 fully saturated rings. The van der Waals surface area contributed by atoms with Crippen LogP contribution < -0.4 is 15.7 Å². The van der Waals surface area contributed by atoms with Crippen LogP contribution in [0.1, 0.15) is 39.0 Å². The molecule has 0 spiro atoms. The first-order chi connectivity index (χ1) is 11.4. The third-order valence-electron chi connectivity index (χ3n) is 3.94. The largest absolute Gasteiger partial charge is 0.242 e. The molecule has 0 amide bonds. The fourth-order valence-corrected chi connectivity index (χ4v) is 2.68. The van der Waals surface area contributed by atoms with E-state index in [0.717, 1.165) is 23.6 Å². The van der Waals surface area contributed by atoms with Crippen LogP contribution in [0.4, 0.5) is 11.4 Å². The molecule has 0 aliphatic carbocycles. The number of rotatable bonds is 7. The predicted molar refractivity (Wildman–Crippen MR) is 97.2 cm³/mol. The number of nitrogens with zero attached hydrogens (tertiary/aromatic N) is 3. The molecule has 4 nitrogen and oxygen atoms in total. The van der Waals surface area contributed by atoms with Crippen LogP contribution in [0.5, 0.6) is 0 Å². The summed E-state index contributed by atoms with van der Waals surface area (Å²) in [7, 11) is 0. The first-order valence-corrected chi connectivity index (χ1v) is 8.42. The van der Waals surface area contributed by atoms with Crippen molar-refractivity contribution in [1.82, 2.24) is 5.53 Å². The quantitative estimate of drug-likeness (QED) is 0.751. The van der Waals surface area contributed by atoms with E-state index in [2.05, 4.69) is 53.9 Å². The first-order valence-electron chi connectivity index (χ1n) is 8.42. The Morgan fingerprint density at radius 3 is 2.13 bits per heavy atom. The van der Waals surface area contributed by atoms with Crippen molar-refractivity contribution in [2.75, 3.05) is 10.1 Å². The van der Waals surface area contributed by atoms with Crippen LogP contribution >= 0.6 is 0 Å². The van der Waals surface area contributed by atoms with E-state index in [4.69, 9.17) is 5.10 Å². The van der Waals surface area contributed by atoms with Gasteiger partial charge in [0.15, 0.2) is 0 Å². The van der Waals surface area contributed by atoms with Crippen LogP contribution in [-0.2, 0) is 0 Å². The summed E-state index contributed by atoms with van der Waals surface area (Å²) in [5, 5.41) is 8.71. The van der Waals surface area contributed by atoms with Gasteiger partial charge in [0.2, 0.25) is 0 Å². The van der Waals surface area contributed by atoms with Crippen LogP contribution in [0, 0.1) is 0 Å². The molecule has 0 aromatic heterocycles. The number of anilines is 2. The van der Waals surface area contributed by atoms with E-state index in [-0.39, 0.29) is 0 Å². The summed E-state index contributed by atoms with van der Waals surface area (Å²) in [6.45, 7) is 2.24. The molecular weight excluding hydrogens is 284 g/mol. The van der Waals surface area contributed by atoms with Gasteiger partial charge < -0.3 is 0 Å². The maximum absolute atomic E-state index is 4.78. The molecular formula is C19H24N4. The molecule has 2 aromatic rings. The number of amidine groups is 1. The Morgan fingerprint density at radius 1 is 0.826 bits per heavy atom. The predicted octanol–water partition coefficient (Wildman–Crippen LogP) is 4.72. The molecule has 1 aliphatic heterocycles. The summed E-state index contributed by atoms with van der Waals surface area (Å²) in [5.74, 6) is 1.07. The molecule has 3 rings (SSSR count). The van der Waals surface area contributed by atoms with Crippen LogP contribution in [0.2, 0.25) is 0 Å². The second-order valence-electron chi connectivity index (χ2n) is 5.75. The summed E-state index contributed by atoms with van der Waals surface area (Å²) in [5.41, 5.74) is 5.53. The number of unbranched alkanes of at least 4 members (excludes halogenated alkanes) is 3. The van der Waals surface area contributed by atoms with E-state index >= 15 is 0 Å². The molecule has 2 aromatic carbocycles. The van der Waals surface area contributed by atoms with E-state index in [1.807, 2.05) is 29.4 Å². The van der Waals surface area contributed by atoms with Crippen LogP contribution in [-0.4, -0.2) is 5.84 Å². The van der Waals surface area contributed by atoms with Gasteiger partial charge in [-0.25, -0.2) is 5.01 Å². The highest BCUT2D eigenvalue weighted by atomic mass is 15.9. The molecule has 0 unspecified atom stereocenters. The first kappa shape index (κ1) is 15.6. The van der Waals surface area contributed by atoms with Gasteiger partial charge >= 0.3 is 0 Å². The van der Waals surface area contributed by atoms with Crippen molar-refractivity contribution in [2.45, 2.75) is 39.0 Å². The van der Waals surface area contributed by atoms with Crippen molar-refractivity contribution in [1.29, 1.82) is 0 Å². The van der Waals surface area contributed by atoms with E-state index in [1.165, 1.54) is 25.7 Å². The SMILES string of the molecule is CCCCCCC1=NN(c2ccccc2)NN1c1ccccc1. The van der Waals surface area contributed by atoms with Gasteiger partial charge in [0.1, 0.15) is 5.84 Å². The topological polar surface area (TPSA) is 30.9 Å². The Morgan fingerprint density at radius 2 is 1.48 bits per heavy atom. The van der Waals surface area contributed by atoms with E-state index in [1.54, 1.807) is 0 Å². The maximum Gasteiger partial charge on any atom is 0.147 e. The number of nitrogens with one attached hydrogen (secondary N) is 1. The van der Waals surface area contributed by atoms with Gasteiger partial charge in [-0.05, 0) is 30.7 Å². The molecule has 0 saturated carbocycles. The summed E-state index contributed by atoms with van der Waals surface area (Å²) in [4.78, 5) is 0. The molecule has 0 atom stereocenters. The van der Waals surface area contributed by atoms with E-state index in [9.17, 15) is 0 Å². The zero-order chi connectivity index (χ0) is 15.9. The van der Waals surface area contributed by atoms with Crippen LogP contribution in [0.25, 0.3) is 0 Å². The molecule has 1 aliphatic rings. The van der Waals surface area contributed by atoms with Crippen molar-refractivity contribution < 1.29 is 0 Å². The third kappa shape index (κ3) is 3.90. The fourth-order valence-electron chi connectivity index (χ4n) is 2.68. The lowest BCUT2D eigenvalue weighted by Gasteiger charge is -2.22. The minimum absolute atomic E-state index is 0.977. The normalized spacial score (nSPS) is 14.2. The van der Waals surface area contributed by atoms with E-state index < -0.39 is 0 Å². The zero-order valence-corrected chi connectivity index (χ0v) is 13.7. The smallest absolute Gasteiger partial charge is 0.147 e. The Balaban J connectivity index is 1.76. The van der Waals surface area contributed by atoms with Crippen molar-refractivity contribution >= 4 is 17.2 Å². The van der Waals surface area contributed by atoms with Crippen molar-refractivity contribution in [3.63, 3.8) is 0 Å². The van der Waals surface area contributed by atoms with E-state index in [0.29, 0.717) is 0 Å². The molecule has 1 N–H and O–H groups in total. The lowest BCUT2D eigenvalue weighted by atomic mass is 10.1. The van der Waals surface area contributed by atoms with Gasteiger partial charge in [-0.15, -0.1) is 10.6 Å². The van der Waals surface area contributed by atoms with Crippen molar-refractivity contribution in [3.05, 3.63) is 60.7 Å². The molecule has 1 heterocycles. The standard InChI is InChI=1S/C19H24N4/c1-2-3-4-11-16-19-20-23(18-14-9-6-10-15-18)21-22(19)17-12-7-5-8-13-17/h5-10,12-15,21H,2-4,11,16H2,1H3. The lowest BCUT2D eigenvalue weighted by molar-refractivity contribution is 0.678. The molecule has 0 saturated heterocycles. The van der Waals surface area contributed by atoms with Gasteiger partial charge in [0.25, 0.3) is 0 Å². The fraction of sp³-hybridized carbons (Fsp3) is 0.316. The highest BCUT2D eigenvalue weighted by molar-refractivity contribution is 5.99. The van der Waals surface area contributed by atoms with Gasteiger partial charge in [0, 0.05) is 6.42 Å². The number of hydrogen-bond acceptors (Lipinski definition) is 4. The Kier molecular flexibility index (Phi) is 5.27. The highest BCUT2D eigenvalue weighted by Gasteiger charge is 2.24. The van der Waals surface area contributed by atoms with Crippen molar-refractivity contribution in [2.24, 2.45) is 5.10 Å². The second kappa shape index (κ2) is 7.79. The number of para-hydroxylation sites is 2. The Labute approximate surface area is 138 Å². The van der Waals surface area contributed by atoms with Gasteiger partial charge in [0.05, 0.1) is 11.4 Å². The maximum atomic E-state index is 4.78. The van der Waals surface area contributed by atoms with Crippen LogP contribution in [0.15, 0.2) is 65.8 Å².